The molecule has 8 nitrogen and oxygen atoms in total. The first-order chi connectivity index (χ1) is 12.2. The number of hydrogen-bond donors (Lipinski definition) is 0. The Morgan fingerprint density at radius 1 is 1.12 bits per heavy atom. The SMILES string of the molecule is Cc1onc(-c2ccco2)c1C(=O)N1CCN(c2ncccn2)CC1. The standard InChI is InChI=1S/C17H17N5O3/c1-12-14(15(20-25-12)13-4-2-11-24-13)16(23)21-7-9-22(10-8-21)17-18-5-3-6-19-17/h2-6,11H,7-10H2,1H3. The maximum atomic E-state index is 13.0. The van der Waals surface area contributed by atoms with Gasteiger partial charge in [-0.2, -0.15) is 0 Å². The van der Waals surface area contributed by atoms with Gasteiger partial charge in [0.15, 0.2) is 11.5 Å². The third kappa shape index (κ3) is 2.86. The van der Waals surface area contributed by atoms with Crippen molar-refractivity contribution in [3.8, 4) is 11.5 Å². The molecule has 0 N–H and O–H groups in total. The summed E-state index contributed by atoms with van der Waals surface area (Å²) < 4.78 is 10.6. The zero-order chi connectivity index (χ0) is 17.2. The Morgan fingerprint density at radius 2 is 1.88 bits per heavy atom. The van der Waals surface area contributed by atoms with Crippen LogP contribution in [0.5, 0.6) is 0 Å². The number of aromatic nitrogens is 3. The maximum absolute atomic E-state index is 13.0. The molecule has 0 aromatic carbocycles. The molecule has 3 aromatic heterocycles. The number of hydrogen-bond acceptors (Lipinski definition) is 7. The number of aryl methyl sites for hydroxylation is 1. The van der Waals surface area contributed by atoms with Crippen LogP contribution in [0.25, 0.3) is 11.5 Å². The van der Waals surface area contributed by atoms with Crippen LogP contribution in [0.2, 0.25) is 0 Å². The normalized spacial score (nSPS) is 14.8. The van der Waals surface area contributed by atoms with Crippen LogP contribution >= 0.6 is 0 Å². The smallest absolute Gasteiger partial charge is 0.259 e. The molecule has 1 saturated heterocycles. The van der Waals surface area contributed by atoms with Gasteiger partial charge in [-0.05, 0) is 25.1 Å². The van der Waals surface area contributed by atoms with Gasteiger partial charge in [-0.3, -0.25) is 4.79 Å². The van der Waals surface area contributed by atoms with E-state index in [1.807, 2.05) is 0 Å². The number of piperazine rings is 1. The van der Waals surface area contributed by atoms with E-state index in [-0.39, 0.29) is 5.91 Å². The highest BCUT2D eigenvalue weighted by molar-refractivity contribution is 6.00. The summed E-state index contributed by atoms with van der Waals surface area (Å²) in [5.74, 6) is 1.60. The highest BCUT2D eigenvalue weighted by Crippen LogP contribution is 2.27. The van der Waals surface area contributed by atoms with E-state index in [0.717, 1.165) is 0 Å². The van der Waals surface area contributed by atoms with Gasteiger partial charge in [0.25, 0.3) is 5.91 Å². The molecular weight excluding hydrogens is 322 g/mol. The van der Waals surface area contributed by atoms with Crippen LogP contribution in [0.1, 0.15) is 16.1 Å². The van der Waals surface area contributed by atoms with Gasteiger partial charge in [-0.25, -0.2) is 9.97 Å². The Balaban J connectivity index is 1.51. The number of amides is 1. The van der Waals surface area contributed by atoms with E-state index in [0.29, 0.717) is 54.9 Å². The number of furan rings is 1. The highest BCUT2D eigenvalue weighted by atomic mass is 16.5. The fraction of sp³-hybridized carbons (Fsp3) is 0.294. The molecule has 0 aliphatic carbocycles. The number of rotatable bonds is 3. The van der Waals surface area contributed by atoms with E-state index in [9.17, 15) is 4.79 Å². The molecule has 1 amide bonds. The van der Waals surface area contributed by atoms with E-state index >= 15 is 0 Å². The van der Waals surface area contributed by atoms with Crippen molar-refractivity contribution in [2.24, 2.45) is 0 Å². The average molecular weight is 339 g/mol. The monoisotopic (exact) mass is 339 g/mol. The van der Waals surface area contributed by atoms with Gasteiger partial charge in [-0.1, -0.05) is 5.16 Å². The first kappa shape index (κ1) is 15.4. The minimum absolute atomic E-state index is 0.0984. The number of anilines is 1. The van der Waals surface area contributed by atoms with E-state index < -0.39 is 0 Å². The van der Waals surface area contributed by atoms with Crippen molar-refractivity contribution in [3.63, 3.8) is 0 Å². The van der Waals surface area contributed by atoms with E-state index in [1.165, 1.54) is 0 Å². The molecule has 0 atom stereocenters. The number of nitrogens with zero attached hydrogens (tertiary/aromatic N) is 5. The lowest BCUT2D eigenvalue weighted by Gasteiger charge is -2.34. The second-order valence-electron chi connectivity index (χ2n) is 5.77. The minimum atomic E-state index is -0.0984. The summed E-state index contributed by atoms with van der Waals surface area (Å²) in [5, 5.41) is 3.99. The Morgan fingerprint density at radius 3 is 2.56 bits per heavy atom. The van der Waals surface area contributed by atoms with E-state index in [1.54, 1.807) is 48.7 Å². The quantitative estimate of drug-likeness (QED) is 0.721. The highest BCUT2D eigenvalue weighted by Gasteiger charge is 2.29. The molecule has 4 heterocycles. The van der Waals surface area contributed by atoms with Crippen LogP contribution in [0, 0.1) is 6.92 Å². The van der Waals surface area contributed by atoms with Crippen molar-refractivity contribution in [1.82, 2.24) is 20.0 Å². The molecule has 3 aromatic rings. The molecule has 0 spiro atoms. The fourth-order valence-electron chi connectivity index (χ4n) is 2.93. The van der Waals surface area contributed by atoms with Crippen molar-refractivity contribution < 1.29 is 13.7 Å². The summed E-state index contributed by atoms with van der Waals surface area (Å²) >= 11 is 0. The topological polar surface area (TPSA) is 88.5 Å². The van der Waals surface area contributed by atoms with Crippen molar-refractivity contribution in [2.45, 2.75) is 6.92 Å². The fourth-order valence-corrected chi connectivity index (χ4v) is 2.93. The summed E-state index contributed by atoms with van der Waals surface area (Å²) in [6, 6.07) is 5.30. The van der Waals surface area contributed by atoms with Crippen LogP contribution < -0.4 is 4.90 Å². The van der Waals surface area contributed by atoms with Crippen molar-refractivity contribution in [2.75, 3.05) is 31.1 Å². The molecule has 0 saturated carbocycles. The number of carbonyl (C=O) groups excluding carboxylic acids is 1. The largest absolute Gasteiger partial charge is 0.463 e. The lowest BCUT2D eigenvalue weighted by molar-refractivity contribution is 0.0745. The summed E-state index contributed by atoms with van der Waals surface area (Å²) in [5.41, 5.74) is 0.903. The van der Waals surface area contributed by atoms with Gasteiger partial charge in [0.05, 0.1) is 6.26 Å². The molecule has 8 heteroatoms. The molecule has 25 heavy (non-hydrogen) atoms. The molecule has 0 unspecified atom stereocenters. The Bertz CT molecular complexity index is 852. The van der Waals surface area contributed by atoms with Gasteiger partial charge < -0.3 is 18.7 Å². The lowest BCUT2D eigenvalue weighted by Crippen LogP contribution is -2.49. The Kier molecular flexibility index (Phi) is 3.93. The zero-order valence-corrected chi connectivity index (χ0v) is 13.8. The first-order valence-corrected chi connectivity index (χ1v) is 8.05. The lowest BCUT2D eigenvalue weighted by atomic mass is 10.1. The second kappa shape index (κ2) is 6.39. The zero-order valence-electron chi connectivity index (χ0n) is 13.8. The molecule has 0 radical (unpaired) electrons. The van der Waals surface area contributed by atoms with Crippen LogP contribution in [0.15, 0.2) is 45.8 Å². The van der Waals surface area contributed by atoms with Gasteiger partial charge in [0.2, 0.25) is 5.95 Å². The van der Waals surface area contributed by atoms with Crippen LogP contribution in [0.3, 0.4) is 0 Å². The third-order valence-corrected chi connectivity index (χ3v) is 4.23. The molecule has 0 bridgehead atoms. The summed E-state index contributed by atoms with van der Waals surface area (Å²) in [7, 11) is 0. The minimum Gasteiger partial charge on any atom is -0.463 e. The van der Waals surface area contributed by atoms with Gasteiger partial charge >= 0.3 is 0 Å². The number of carbonyl (C=O) groups is 1. The van der Waals surface area contributed by atoms with E-state index in [4.69, 9.17) is 8.94 Å². The molecule has 1 aliphatic rings. The summed E-state index contributed by atoms with van der Waals surface area (Å²) in [6.45, 7) is 4.26. The third-order valence-electron chi connectivity index (χ3n) is 4.23. The summed E-state index contributed by atoms with van der Waals surface area (Å²) in [6.07, 6.45) is 4.98. The van der Waals surface area contributed by atoms with Gasteiger partial charge in [0, 0.05) is 38.6 Å². The molecule has 128 valence electrons. The predicted octanol–water partition coefficient (Wildman–Crippen LogP) is 2.00. The van der Waals surface area contributed by atoms with Crippen molar-refractivity contribution >= 4 is 11.9 Å². The summed E-state index contributed by atoms with van der Waals surface area (Å²) in [4.78, 5) is 25.4. The maximum Gasteiger partial charge on any atom is 0.259 e. The van der Waals surface area contributed by atoms with Crippen LogP contribution in [-0.2, 0) is 0 Å². The van der Waals surface area contributed by atoms with Gasteiger partial charge in [-0.15, -0.1) is 0 Å². The average Bonchev–Trinajstić information content (AvgIpc) is 3.31. The Labute approximate surface area is 144 Å². The second-order valence-corrected chi connectivity index (χ2v) is 5.77. The van der Waals surface area contributed by atoms with Crippen molar-refractivity contribution in [3.05, 3.63) is 48.2 Å². The van der Waals surface area contributed by atoms with Gasteiger partial charge in [0.1, 0.15) is 11.3 Å². The van der Waals surface area contributed by atoms with E-state index in [2.05, 4.69) is 20.0 Å². The Hall–Kier alpha value is -3.16. The molecule has 1 fully saturated rings. The molecular formula is C17H17N5O3. The van der Waals surface area contributed by atoms with Crippen molar-refractivity contribution in [1.29, 1.82) is 0 Å². The predicted molar refractivity (Wildman–Crippen MR) is 89.1 cm³/mol. The molecule has 1 aliphatic heterocycles. The first-order valence-electron chi connectivity index (χ1n) is 8.05. The van der Waals surface area contributed by atoms with Crippen LogP contribution in [0.4, 0.5) is 5.95 Å². The van der Waals surface area contributed by atoms with Crippen LogP contribution in [-0.4, -0.2) is 52.1 Å². The molecule has 4 rings (SSSR count).